The number of nitrogens with one attached hydrogen (secondary N) is 2. The van der Waals surface area contributed by atoms with Crippen LogP contribution in [-0.2, 0) is 4.79 Å². The highest BCUT2D eigenvalue weighted by Gasteiger charge is 2.17. The van der Waals surface area contributed by atoms with Crippen molar-refractivity contribution >= 4 is 17.5 Å². The molecule has 0 unspecified atom stereocenters. The molecule has 0 saturated heterocycles. The highest BCUT2D eigenvalue weighted by Crippen LogP contribution is 2.05. The number of aromatic nitrogens is 2. The van der Waals surface area contributed by atoms with Crippen LogP contribution in [0.2, 0.25) is 0 Å². The molecule has 0 aliphatic carbocycles. The molecule has 18 heavy (non-hydrogen) atoms. The van der Waals surface area contributed by atoms with Gasteiger partial charge in [-0.25, -0.2) is 0 Å². The molecule has 2 aromatic heterocycles. The number of amides is 2. The first-order valence-electron chi connectivity index (χ1n) is 5.24. The Morgan fingerprint density at radius 2 is 2.39 bits per heavy atom. The first-order valence-corrected chi connectivity index (χ1v) is 5.24. The number of H-pyrrole nitrogens is 1. The van der Waals surface area contributed by atoms with Crippen molar-refractivity contribution in [1.29, 1.82) is 0 Å². The van der Waals surface area contributed by atoms with Gasteiger partial charge in [0.1, 0.15) is 0 Å². The summed E-state index contributed by atoms with van der Waals surface area (Å²) in [6, 6.07) is 3.17. The molecule has 0 radical (unpaired) electrons. The lowest BCUT2D eigenvalue weighted by Gasteiger charge is -2.14. The van der Waals surface area contributed by atoms with Crippen LogP contribution >= 0.6 is 0 Å². The Kier molecular flexibility index (Phi) is 3.42. The summed E-state index contributed by atoms with van der Waals surface area (Å²) in [6.07, 6.45) is 4.44. The lowest BCUT2D eigenvalue weighted by molar-refractivity contribution is -0.116. The van der Waals surface area contributed by atoms with Crippen LogP contribution in [0.1, 0.15) is 10.6 Å². The predicted molar refractivity (Wildman–Crippen MR) is 62.9 cm³/mol. The molecule has 94 valence electrons. The highest BCUT2D eigenvalue weighted by molar-refractivity contribution is 5.97. The largest absolute Gasteiger partial charge is 0.459 e. The third-order valence-electron chi connectivity index (χ3n) is 2.24. The van der Waals surface area contributed by atoms with Crippen LogP contribution in [-0.4, -0.2) is 40.5 Å². The van der Waals surface area contributed by atoms with Gasteiger partial charge < -0.3 is 14.6 Å². The smallest absolute Gasteiger partial charge is 0.289 e. The maximum absolute atomic E-state index is 11.8. The van der Waals surface area contributed by atoms with Crippen molar-refractivity contribution in [2.45, 2.75) is 0 Å². The summed E-state index contributed by atoms with van der Waals surface area (Å²) in [4.78, 5) is 24.7. The van der Waals surface area contributed by atoms with E-state index in [1.54, 1.807) is 18.3 Å². The van der Waals surface area contributed by atoms with E-state index in [0.717, 1.165) is 0 Å². The van der Waals surface area contributed by atoms with E-state index in [1.165, 1.54) is 24.4 Å². The fourth-order valence-electron chi connectivity index (χ4n) is 1.40. The minimum absolute atomic E-state index is 0.0648. The Balaban J connectivity index is 1.89. The van der Waals surface area contributed by atoms with E-state index in [-0.39, 0.29) is 24.1 Å². The molecule has 0 fully saturated rings. The minimum atomic E-state index is -0.345. The monoisotopic (exact) mass is 248 g/mol. The Morgan fingerprint density at radius 3 is 3.00 bits per heavy atom. The second kappa shape index (κ2) is 5.17. The van der Waals surface area contributed by atoms with Crippen LogP contribution in [0, 0.1) is 0 Å². The molecule has 0 spiro atoms. The van der Waals surface area contributed by atoms with E-state index in [2.05, 4.69) is 15.5 Å². The first-order chi connectivity index (χ1) is 8.66. The molecule has 0 saturated carbocycles. The standard InChI is InChI=1S/C11H12N4O3/c1-15(11(17)9-3-2-4-18-9)7-10(16)14-8-5-12-13-6-8/h2-6H,7H2,1H3,(H,12,13)(H,14,16). The summed E-state index contributed by atoms with van der Waals surface area (Å²) in [5.74, 6) is -0.449. The number of hydrogen-bond acceptors (Lipinski definition) is 4. The average Bonchev–Trinajstić information content (AvgIpc) is 2.99. The molecular weight excluding hydrogens is 236 g/mol. The molecule has 0 aliphatic rings. The Labute approximate surface area is 103 Å². The molecule has 2 heterocycles. The van der Waals surface area contributed by atoms with Crippen LogP contribution < -0.4 is 5.32 Å². The zero-order valence-electron chi connectivity index (χ0n) is 9.71. The molecule has 0 bridgehead atoms. The third-order valence-corrected chi connectivity index (χ3v) is 2.24. The Hall–Kier alpha value is -2.57. The second-order valence-electron chi connectivity index (χ2n) is 3.67. The average molecular weight is 248 g/mol. The molecule has 0 aromatic carbocycles. The summed E-state index contributed by atoms with van der Waals surface area (Å²) in [5.41, 5.74) is 0.554. The molecule has 7 heteroatoms. The van der Waals surface area contributed by atoms with Crippen molar-refractivity contribution in [3.63, 3.8) is 0 Å². The normalized spacial score (nSPS) is 10.1. The van der Waals surface area contributed by atoms with E-state index in [4.69, 9.17) is 4.42 Å². The first kappa shape index (κ1) is 11.9. The SMILES string of the molecule is CN(CC(=O)Nc1cn[nH]c1)C(=O)c1ccco1. The zero-order valence-corrected chi connectivity index (χ0v) is 9.71. The van der Waals surface area contributed by atoms with E-state index >= 15 is 0 Å². The number of likely N-dealkylation sites (N-methyl/N-ethyl adjacent to an activating group) is 1. The molecule has 2 aromatic rings. The maximum atomic E-state index is 11.8. The number of carbonyl (C=O) groups is 2. The van der Waals surface area contributed by atoms with Gasteiger partial charge in [-0.3, -0.25) is 14.7 Å². The number of anilines is 1. The molecule has 0 atom stereocenters. The van der Waals surface area contributed by atoms with Gasteiger partial charge >= 0.3 is 0 Å². The topological polar surface area (TPSA) is 91.2 Å². The Morgan fingerprint density at radius 1 is 1.56 bits per heavy atom. The quantitative estimate of drug-likeness (QED) is 0.833. The molecule has 2 N–H and O–H groups in total. The molecule has 2 amide bonds. The molecule has 2 rings (SSSR count). The number of rotatable bonds is 4. The molecule has 0 aliphatic heterocycles. The van der Waals surface area contributed by atoms with E-state index in [0.29, 0.717) is 5.69 Å². The summed E-state index contributed by atoms with van der Waals surface area (Å²) in [7, 11) is 1.53. The fourth-order valence-corrected chi connectivity index (χ4v) is 1.40. The summed E-state index contributed by atoms with van der Waals surface area (Å²) >= 11 is 0. The zero-order chi connectivity index (χ0) is 13.0. The van der Waals surface area contributed by atoms with Crippen LogP contribution in [0.25, 0.3) is 0 Å². The van der Waals surface area contributed by atoms with Gasteiger partial charge in [-0.1, -0.05) is 0 Å². The van der Waals surface area contributed by atoms with Crippen molar-refractivity contribution in [2.24, 2.45) is 0 Å². The van der Waals surface area contributed by atoms with Gasteiger partial charge in [-0.2, -0.15) is 5.10 Å². The predicted octanol–water partition coefficient (Wildman–Crippen LogP) is 0.713. The van der Waals surface area contributed by atoms with Gasteiger partial charge in [-0.05, 0) is 12.1 Å². The van der Waals surface area contributed by atoms with Gasteiger partial charge in [0.15, 0.2) is 5.76 Å². The number of carbonyl (C=O) groups excluding carboxylic acids is 2. The number of nitrogens with zero attached hydrogens (tertiary/aromatic N) is 2. The summed E-state index contributed by atoms with van der Waals surface area (Å²) < 4.78 is 4.97. The van der Waals surface area contributed by atoms with Gasteiger partial charge in [0.2, 0.25) is 5.91 Å². The number of hydrogen-bond donors (Lipinski definition) is 2. The summed E-state index contributed by atoms with van der Waals surface area (Å²) in [6.45, 7) is -0.0648. The van der Waals surface area contributed by atoms with Crippen molar-refractivity contribution < 1.29 is 14.0 Å². The van der Waals surface area contributed by atoms with Crippen molar-refractivity contribution in [2.75, 3.05) is 18.9 Å². The minimum Gasteiger partial charge on any atom is -0.459 e. The Bertz CT molecular complexity index is 518. The van der Waals surface area contributed by atoms with Crippen molar-refractivity contribution in [1.82, 2.24) is 15.1 Å². The fraction of sp³-hybridized carbons (Fsp3) is 0.182. The van der Waals surface area contributed by atoms with Gasteiger partial charge in [-0.15, -0.1) is 0 Å². The number of furan rings is 1. The lowest BCUT2D eigenvalue weighted by Crippen LogP contribution is -2.34. The third kappa shape index (κ3) is 2.76. The molecular formula is C11H12N4O3. The molecule has 7 nitrogen and oxygen atoms in total. The van der Waals surface area contributed by atoms with E-state index in [1.807, 2.05) is 0 Å². The maximum Gasteiger partial charge on any atom is 0.289 e. The second-order valence-corrected chi connectivity index (χ2v) is 3.67. The highest BCUT2D eigenvalue weighted by atomic mass is 16.3. The van der Waals surface area contributed by atoms with Crippen LogP contribution in [0.3, 0.4) is 0 Å². The van der Waals surface area contributed by atoms with Gasteiger partial charge in [0.05, 0.1) is 24.7 Å². The summed E-state index contributed by atoms with van der Waals surface area (Å²) in [5, 5.41) is 8.86. The van der Waals surface area contributed by atoms with Crippen LogP contribution in [0.5, 0.6) is 0 Å². The van der Waals surface area contributed by atoms with Gasteiger partial charge in [0, 0.05) is 13.2 Å². The van der Waals surface area contributed by atoms with Gasteiger partial charge in [0.25, 0.3) is 5.91 Å². The van der Waals surface area contributed by atoms with Crippen molar-refractivity contribution in [3.05, 3.63) is 36.5 Å². The lowest BCUT2D eigenvalue weighted by atomic mass is 10.4. The van der Waals surface area contributed by atoms with Crippen LogP contribution in [0.4, 0.5) is 5.69 Å². The van der Waals surface area contributed by atoms with Crippen molar-refractivity contribution in [3.8, 4) is 0 Å². The number of aromatic amines is 1. The van der Waals surface area contributed by atoms with E-state index < -0.39 is 0 Å². The van der Waals surface area contributed by atoms with Crippen LogP contribution in [0.15, 0.2) is 35.2 Å². The van der Waals surface area contributed by atoms with E-state index in [9.17, 15) is 9.59 Å².